The van der Waals surface area contributed by atoms with Crippen molar-refractivity contribution in [2.45, 2.75) is 31.9 Å². The van der Waals surface area contributed by atoms with Crippen LogP contribution in [0.1, 0.15) is 30.1 Å². The van der Waals surface area contributed by atoms with E-state index in [-0.39, 0.29) is 29.3 Å². The van der Waals surface area contributed by atoms with Gasteiger partial charge >= 0.3 is 0 Å². The number of pyridine rings is 1. The third-order valence-corrected chi connectivity index (χ3v) is 3.44. The van der Waals surface area contributed by atoms with Crippen LogP contribution >= 0.6 is 0 Å². The standard InChI is InChI=1S/C13H18N4O4/c1-3-14-12-11(6-9(7-15-12)17(19)20)13(18)16-8-4-10(5-8)21-2/h6-8,10H,3-5H2,1-2H3,(H,14,15)(H,16,18). The SMILES string of the molecule is CCNc1ncc([N+](=O)[O-])cc1C(=O)NC1CC(OC)C1. The van der Waals surface area contributed by atoms with Crippen LogP contribution in [0.2, 0.25) is 0 Å². The monoisotopic (exact) mass is 294 g/mol. The Morgan fingerprint density at radius 1 is 1.57 bits per heavy atom. The van der Waals surface area contributed by atoms with Gasteiger partial charge in [-0.1, -0.05) is 0 Å². The summed E-state index contributed by atoms with van der Waals surface area (Å²) in [5, 5.41) is 16.6. The Labute approximate surface area is 122 Å². The molecule has 21 heavy (non-hydrogen) atoms. The molecule has 1 aromatic heterocycles. The number of aromatic nitrogens is 1. The van der Waals surface area contributed by atoms with Gasteiger partial charge in [-0.15, -0.1) is 0 Å². The molecule has 0 bridgehead atoms. The van der Waals surface area contributed by atoms with Crippen molar-refractivity contribution in [3.05, 3.63) is 27.9 Å². The van der Waals surface area contributed by atoms with Crippen molar-refractivity contribution >= 4 is 17.4 Å². The molecule has 1 amide bonds. The second-order valence-electron chi connectivity index (χ2n) is 4.88. The summed E-state index contributed by atoms with van der Waals surface area (Å²) in [6.07, 6.45) is 2.81. The van der Waals surface area contributed by atoms with Gasteiger partial charge in [0.05, 0.1) is 16.6 Å². The number of carbonyl (C=O) groups is 1. The van der Waals surface area contributed by atoms with Crippen molar-refractivity contribution in [2.24, 2.45) is 0 Å². The molecule has 1 aliphatic carbocycles. The molecule has 2 N–H and O–H groups in total. The second kappa shape index (κ2) is 6.49. The highest BCUT2D eigenvalue weighted by molar-refractivity contribution is 5.99. The molecule has 0 spiro atoms. The average molecular weight is 294 g/mol. The predicted molar refractivity (Wildman–Crippen MR) is 76.3 cm³/mol. The number of nitro groups is 1. The van der Waals surface area contributed by atoms with Gasteiger partial charge in [0.25, 0.3) is 11.6 Å². The van der Waals surface area contributed by atoms with Crippen LogP contribution < -0.4 is 10.6 Å². The number of nitrogens with zero attached hydrogens (tertiary/aromatic N) is 2. The predicted octanol–water partition coefficient (Wildman–Crippen LogP) is 1.33. The number of anilines is 1. The fourth-order valence-corrected chi connectivity index (χ4v) is 2.17. The van der Waals surface area contributed by atoms with Crippen molar-refractivity contribution in [2.75, 3.05) is 19.0 Å². The van der Waals surface area contributed by atoms with Gasteiger partial charge in [0.15, 0.2) is 0 Å². The molecule has 8 heteroatoms. The third kappa shape index (κ3) is 3.46. The lowest BCUT2D eigenvalue weighted by molar-refractivity contribution is -0.385. The molecule has 0 unspecified atom stereocenters. The van der Waals surface area contributed by atoms with Gasteiger partial charge < -0.3 is 15.4 Å². The lowest BCUT2D eigenvalue weighted by atomic mass is 9.89. The van der Waals surface area contributed by atoms with Crippen LogP contribution in [0.25, 0.3) is 0 Å². The number of hydrogen-bond acceptors (Lipinski definition) is 6. The smallest absolute Gasteiger partial charge is 0.288 e. The van der Waals surface area contributed by atoms with E-state index >= 15 is 0 Å². The van der Waals surface area contributed by atoms with E-state index in [2.05, 4.69) is 15.6 Å². The zero-order valence-corrected chi connectivity index (χ0v) is 12.0. The van der Waals surface area contributed by atoms with Crippen molar-refractivity contribution in [3.8, 4) is 0 Å². The summed E-state index contributed by atoms with van der Waals surface area (Å²) in [5.74, 6) is -0.00934. The first-order valence-electron chi connectivity index (χ1n) is 6.77. The number of nitrogens with one attached hydrogen (secondary N) is 2. The van der Waals surface area contributed by atoms with Crippen LogP contribution in [-0.4, -0.2) is 41.6 Å². The molecule has 0 aliphatic heterocycles. The number of amides is 1. The topological polar surface area (TPSA) is 106 Å². The van der Waals surface area contributed by atoms with E-state index in [9.17, 15) is 14.9 Å². The summed E-state index contributed by atoms with van der Waals surface area (Å²) in [6.45, 7) is 2.43. The van der Waals surface area contributed by atoms with Crippen LogP contribution in [0.3, 0.4) is 0 Å². The van der Waals surface area contributed by atoms with Gasteiger partial charge in [0.2, 0.25) is 0 Å². The Morgan fingerprint density at radius 3 is 2.86 bits per heavy atom. The fourth-order valence-electron chi connectivity index (χ4n) is 2.17. The van der Waals surface area contributed by atoms with E-state index in [1.54, 1.807) is 7.11 Å². The summed E-state index contributed by atoms with van der Waals surface area (Å²) < 4.78 is 5.15. The molecule has 0 saturated heterocycles. The van der Waals surface area contributed by atoms with Crippen LogP contribution in [0, 0.1) is 10.1 Å². The maximum absolute atomic E-state index is 12.3. The van der Waals surface area contributed by atoms with E-state index in [1.165, 1.54) is 6.07 Å². The van der Waals surface area contributed by atoms with Crippen LogP contribution in [0.5, 0.6) is 0 Å². The minimum atomic E-state index is -0.566. The highest BCUT2D eigenvalue weighted by atomic mass is 16.6. The summed E-state index contributed by atoms with van der Waals surface area (Å²) in [7, 11) is 1.64. The maximum atomic E-state index is 12.3. The molecule has 114 valence electrons. The fraction of sp³-hybridized carbons (Fsp3) is 0.538. The third-order valence-electron chi connectivity index (χ3n) is 3.44. The average Bonchev–Trinajstić information content (AvgIpc) is 2.42. The number of rotatable bonds is 6. The Morgan fingerprint density at radius 2 is 2.29 bits per heavy atom. The van der Waals surface area contributed by atoms with Crippen molar-refractivity contribution in [3.63, 3.8) is 0 Å². The minimum absolute atomic E-state index is 0.0381. The summed E-state index contributed by atoms with van der Waals surface area (Å²) in [5.41, 5.74) is -0.0166. The van der Waals surface area contributed by atoms with E-state index in [0.29, 0.717) is 12.4 Å². The van der Waals surface area contributed by atoms with Gasteiger partial charge in [-0.2, -0.15) is 0 Å². The molecular formula is C13H18N4O4. The molecule has 2 rings (SSSR count). The van der Waals surface area contributed by atoms with Crippen LogP contribution in [-0.2, 0) is 4.74 Å². The lowest BCUT2D eigenvalue weighted by Crippen LogP contribution is -2.47. The first-order chi connectivity index (χ1) is 10.0. The molecule has 1 heterocycles. The van der Waals surface area contributed by atoms with Crippen molar-refractivity contribution < 1.29 is 14.5 Å². The van der Waals surface area contributed by atoms with E-state index in [0.717, 1.165) is 19.0 Å². The van der Waals surface area contributed by atoms with E-state index in [1.807, 2.05) is 6.92 Å². The second-order valence-corrected chi connectivity index (χ2v) is 4.88. The van der Waals surface area contributed by atoms with E-state index < -0.39 is 4.92 Å². The van der Waals surface area contributed by atoms with Crippen molar-refractivity contribution in [1.82, 2.24) is 10.3 Å². The number of carbonyl (C=O) groups excluding carboxylic acids is 1. The molecule has 0 atom stereocenters. The molecule has 1 saturated carbocycles. The summed E-state index contributed by atoms with van der Waals surface area (Å²) in [4.78, 5) is 26.5. The Kier molecular flexibility index (Phi) is 4.69. The molecular weight excluding hydrogens is 276 g/mol. The zero-order chi connectivity index (χ0) is 15.4. The highest BCUT2D eigenvalue weighted by Crippen LogP contribution is 2.24. The van der Waals surface area contributed by atoms with E-state index in [4.69, 9.17) is 4.74 Å². The highest BCUT2D eigenvalue weighted by Gasteiger charge is 2.31. The molecule has 0 radical (unpaired) electrons. The molecule has 1 fully saturated rings. The van der Waals surface area contributed by atoms with Crippen LogP contribution in [0.15, 0.2) is 12.3 Å². The number of hydrogen-bond donors (Lipinski definition) is 2. The summed E-state index contributed by atoms with van der Waals surface area (Å²) in [6, 6.07) is 1.28. The van der Waals surface area contributed by atoms with Gasteiger partial charge in [-0.3, -0.25) is 14.9 Å². The first kappa shape index (κ1) is 15.2. The molecule has 8 nitrogen and oxygen atoms in total. The largest absolute Gasteiger partial charge is 0.381 e. The van der Waals surface area contributed by atoms with Gasteiger partial charge in [-0.05, 0) is 19.8 Å². The maximum Gasteiger partial charge on any atom is 0.288 e. The molecule has 1 aliphatic rings. The normalized spacial score (nSPS) is 20.5. The Bertz CT molecular complexity index is 543. The summed E-state index contributed by atoms with van der Waals surface area (Å²) >= 11 is 0. The Balaban J connectivity index is 2.13. The van der Waals surface area contributed by atoms with Gasteiger partial charge in [-0.25, -0.2) is 4.98 Å². The lowest BCUT2D eigenvalue weighted by Gasteiger charge is -2.34. The number of ether oxygens (including phenoxy) is 1. The zero-order valence-electron chi connectivity index (χ0n) is 12.0. The van der Waals surface area contributed by atoms with Gasteiger partial charge in [0.1, 0.15) is 12.0 Å². The first-order valence-corrected chi connectivity index (χ1v) is 6.77. The molecule has 1 aromatic rings. The minimum Gasteiger partial charge on any atom is -0.381 e. The van der Waals surface area contributed by atoms with Gasteiger partial charge in [0, 0.05) is 25.8 Å². The van der Waals surface area contributed by atoms with Crippen LogP contribution in [0.4, 0.5) is 11.5 Å². The number of methoxy groups -OCH3 is 1. The Hall–Kier alpha value is -2.22. The van der Waals surface area contributed by atoms with Crippen molar-refractivity contribution in [1.29, 1.82) is 0 Å². The quantitative estimate of drug-likeness (QED) is 0.605. The molecule has 0 aromatic carbocycles.